The topological polar surface area (TPSA) is 69.7 Å². The summed E-state index contributed by atoms with van der Waals surface area (Å²) in [7, 11) is 0. The lowest BCUT2D eigenvalue weighted by Crippen LogP contribution is -2.29. The number of rotatable bonds is 7. The molecule has 0 aromatic carbocycles. The zero-order valence-corrected chi connectivity index (χ0v) is 12.0. The molecule has 0 aliphatic heterocycles. The molecule has 0 atom stereocenters. The van der Waals surface area contributed by atoms with Gasteiger partial charge in [-0.3, -0.25) is 5.10 Å². The molecular weight excluding hydrogens is 264 g/mol. The van der Waals surface area contributed by atoms with Crippen LogP contribution in [0.4, 0.5) is 5.82 Å². The predicted molar refractivity (Wildman–Crippen MR) is 77.6 cm³/mol. The van der Waals surface area contributed by atoms with Gasteiger partial charge in [-0.1, -0.05) is 13.8 Å². The van der Waals surface area contributed by atoms with Crippen molar-refractivity contribution in [3.8, 4) is 0 Å². The van der Waals surface area contributed by atoms with Crippen molar-refractivity contribution in [3.63, 3.8) is 0 Å². The summed E-state index contributed by atoms with van der Waals surface area (Å²) >= 11 is 5.88. The van der Waals surface area contributed by atoms with E-state index in [1.165, 1.54) is 6.42 Å². The minimum absolute atomic E-state index is 0.222. The number of nitrogens with one attached hydrogen (secondary N) is 2. The molecule has 19 heavy (non-hydrogen) atoms. The van der Waals surface area contributed by atoms with Gasteiger partial charge in [-0.2, -0.15) is 15.1 Å². The zero-order chi connectivity index (χ0) is 13.7. The molecule has 2 aromatic rings. The van der Waals surface area contributed by atoms with Crippen molar-refractivity contribution in [2.45, 2.75) is 20.3 Å². The highest BCUT2D eigenvalue weighted by Gasteiger charge is 2.08. The molecule has 104 valence electrons. The van der Waals surface area contributed by atoms with Gasteiger partial charge in [0.25, 0.3) is 0 Å². The van der Waals surface area contributed by atoms with Gasteiger partial charge in [0.1, 0.15) is 5.82 Å². The maximum Gasteiger partial charge on any atom is 0.226 e. The molecule has 0 aliphatic rings. The highest BCUT2D eigenvalue weighted by molar-refractivity contribution is 6.28. The first kappa shape index (κ1) is 14.0. The minimum atomic E-state index is 0.222. The fraction of sp³-hybridized carbons (Fsp3) is 0.583. The highest BCUT2D eigenvalue weighted by Crippen LogP contribution is 2.19. The second-order valence-corrected chi connectivity index (χ2v) is 4.67. The average molecular weight is 283 g/mol. The molecule has 2 aromatic heterocycles. The quantitative estimate of drug-likeness (QED) is 0.762. The Morgan fingerprint density at radius 1 is 1.32 bits per heavy atom. The second-order valence-electron chi connectivity index (χ2n) is 4.33. The van der Waals surface area contributed by atoms with Crippen LogP contribution in [0.5, 0.6) is 0 Å². The summed E-state index contributed by atoms with van der Waals surface area (Å²) in [5, 5.41) is 11.1. The molecule has 0 amide bonds. The van der Waals surface area contributed by atoms with Gasteiger partial charge in [0, 0.05) is 13.1 Å². The monoisotopic (exact) mass is 282 g/mol. The summed E-state index contributed by atoms with van der Waals surface area (Å²) < 4.78 is 0. The van der Waals surface area contributed by atoms with Crippen LogP contribution in [0.1, 0.15) is 20.3 Å². The minimum Gasteiger partial charge on any atom is -0.368 e. The highest BCUT2D eigenvalue weighted by atomic mass is 35.5. The van der Waals surface area contributed by atoms with Crippen molar-refractivity contribution in [1.82, 2.24) is 25.1 Å². The van der Waals surface area contributed by atoms with Gasteiger partial charge in [0.2, 0.25) is 5.28 Å². The maximum absolute atomic E-state index is 5.88. The van der Waals surface area contributed by atoms with Gasteiger partial charge in [-0.05, 0) is 31.1 Å². The number of hydrogen-bond donors (Lipinski definition) is 2. The molecule has 7 heteroatoms. The van der Waals surface area contributed by atoms with E-state index in [2.05, 4.69) is 44.2 Å². The normalized spacial score (nSPS) is 11.4. The van der Waals surface area contributed by atoms with Crippen molar-refractivity contribution in [2.24, 2.45) is 0 Å². The van der Waals surface area contributed by atoms with E-state index >= 15 is 0 Å². The van der Waals surface area contributed by atoms with Crippen LogP contribution in [-0.4, -0.2) is 51.2 Å². The molecule has 2 heterocycles. The van der Waals surface area contributed by atoms with Crippen LogP contribution in [0, 0.1) is 0 Å². The Kier molecular flexibility index (Phi) is 4.93. The van der Waals surface area contributed by atoms with E-state index < -0.39 is 0 Å². The van der Waals surface area contributed by atoms with Crippen molar-refractivity contribution in [3.05, 3.63) is 11.5 Å². The third-order valence-electron chi connectivity index (χ3n) is 2.99. The number of fused-ring (bicyclic) bond motifs is 1. The Bertz CT molecular complexity index is 526. The zero-order valence-electron chi connectivity index (χ0n) is 11.3. The third kappa shape index (κ3) is 3.54. The van der Waals surface area contributed by atoms with Crippen LogP contribution in [0.2, 0.25) is 5.28 Å². The summed E-state index contributed by atoms with van der Waals surface area (Å²) in [5.41, 5.74) is 0.656. The molecular formula is C12H19ClN6. The molecule has 2 rings (SSSR count). The molecule has 0 spiro atoms. The third-order valence-corrected chi connectivity index (χ3v) is 3.16. The van der Waals surface area contributed by atoms with Crippen molar-refractivity contribution in [1.29, 1.82) is 0 Å². The molecule has 0 fully saturated rings. The molecule has 0 unspecified atom stereocenters. The van der Waals surface area contributed by atoms with Crippen LogP contribution < -0.4 is 5.32 Å². The van der Waals surface area contributed by atoms with Gasteiger partial charge in [0.05, 0.1) is 11.6 Å². The number of anilines is 1. The molecule has 2 N–H and O–H groups in total. The number of aromatic amines is 1. The Balaban J connectivity index is 1.99. The number of likely N-dealkylation sites (N-methyl/N-ethyl adjacent to an activating group) is 1. The smallest absolute Gasteiger partial charge is 0.226 e. The van der Waals surface area contributed by atoms with E-state index in [9.17, 15) is 0 Å². The maximum atomic E-state index is 5.88. The first-order valence-corrected chi connectivity index (χ1v) is 6.95. The van der Waals surface area contributed by atoms with Gasteiger partial charge in [0.15, 0.2) is 5.65 Å². The fourth-order valence-electron chi connectivity index (χ4n) is 2.02. The molecule has 6 nitrogen and oxygen atoms in total. The van der Waals surface area contributed by atoms with E-state index in [1.54, 1.807) is 6.20 Å². The first-order chi connectivity index (χ1) is 9.24. The van der Waals surface area contributed by atoms with Crippen molar-refractivity contribution >= 4 is 28.5 Å². The van der Waals surface area contributed by atoms with E-state index in [-0.39, 0.29) is 5.28 Å². The summed E-state index contributed by atoms with van der Waals surface area (Å²) in [6, 6.07) is 0. The number of H-pyrrole nitrogens is 1. The van der Waals surface area contributed by atoms with Gasteiger partial charge in [-0.15, -0.1) is 0 Å². The molecule has 0 bridgehead atoms. The first-order valence-electron chi connectivity index (χ1n) is 6.57. The van der Waals surface area contributed by atoms with Crippen LogP contribution in [0.3, 0.4) is 0 Å². The molecule has 0 saturated carbocycles. The van der Waals surface area contributed by atoms with Crippen molar-refractivity contribution < 1.29 is 0 Å². The van der Waals surface area contributed by atoms with Gasteiger partial charge in [-0.25, -0.2) is 0 Å². The predicted octanol–water partition coefficient (Wildman–Crippen LogP) is 2.15. The molecule has 0 aliphatic carbocycles. The number of nitrogens with zero attached hydrogens (tertiary/aromatic N) is 4. The van der Waals surface area contributed by atoms with E-state index in [0.29, 0.717) is 5.65 Å². The Hall–Kier alpha value is -1.40. The Morgan fingerprint density at radius 3 is 2.89 bits per heavy atom. The van der Waals surface area contributed by atoms with E-state index in [4.69, 9.17) is 11.6 Å². The SMILES string of the molecule is CCCN(CC)CCNc1nc(Cl)nc2[nH]ncc12. The van der Waals surface area contributed by atoms with E-state index in [1.807, 2.05) is 0 Å². The Morgan fingerprint density at radius 2 is 2.16 bits per heavy atom. The van der Waals surface area contributed by atoms with Crippen LogP contribution >= 0.6 is 11.6 Å². The average Bonchev–Trinajstić information content (AvgIpc) is 2.85. The lowest BCUT2D eigenvalue weighted by atomic mass is 10.3. The number of hydrogen-bond acceptors (Lipinski definition) is 5. The summed E-state index contributed by atoms with van der Waals surface area (Å²) in [4.78, 5) is 10.7. The summed E-state index contributed by atoms with van der Waals surface area (Å²) in [6.07, 6.45) is 2.87. The van der Waals surface area contributed by atoms with Crippen LogP contribution in [0.25, 0.3) is 11.0 Å². The summed E-state index contributed by atoms with van der Waals surface area (Å²) in [6.45, 7) is 8.33. The number of halogens is 1. The summed E-state index contributed by atoms with van der Waals surface area (Å²) in [5.74, 6) is 0.733. The van der Waals surface area contributed by atoms with E-state index in [0.717, 1.165) is 37.4 Å². The molecule has 0 saturated heterocycles. The van der Waals surface area contributed by atoms with Crippen LogP contribution in [0.15, 0.2) is 6.20 Å². The van der Waals surface area contributed by atoms with Crippen molar-refractivity contribution in [2.75, 3.05) is 31.5 Å². The largest absolute Gasteiger partial charge is 0.368 e. The second kappa shape index (κ2) is 6.68. The molecule has 0 radical (unpaired) electrons. The fourth-order valence-corrected chi connectivity index (χ4v) is 2.19. The standard InChI is InChI=1S/C12H19ClN6/c1-3-6-19(4-2)7-5-14-10-9-8-15-18-11(9)17-12(13)16-10/h8H,3-7H2,1-2H3,(H2,14,15,16,17,18). The lowest BCUT2D eigenvalue weighted by molar-refractivity contribution is 0.300. The Labute approximate surface area is 117 Å². The number of aromatic nitrogens is 4. The van der Waals surface area contributed by atoms with Gasteiger partial charge < -0.3 is 10.2 Å². The lowest BCUT2D eigenvalue weighted by Gasteiger charge is -2.19. The van der Waals surface area contributed by atoms with Gasteiger partial charge >= 0.3 is 0 Å². The van der Waals surface area contributed by atoms with Crippen LogP contribution in [-0.2, 0) is 0 Å².